The molecule has 6 N–H and O–H groups in total. The molecule has 0 aromatic heterocycles. The van der Waals surface area contributed by atoms with Crippen molar-refractivity contribution in [3.05, 3.63) is 0 Å². The van der Waals surface area contributed by atoms with Crippen molar-refractivity contribution in [2.24, 2.45) is 0 Å². The molecule has 6 heavy (non-hydrogen) atoms. The Morgan fingerprint density at radius 3 is 1.00 bits per heavy atom. The zero-order valence-corrected chi connectivity index (χ0v) is 3.39. The molecule has 4 nitrogen and oxygen atoms in total. The van der Waals surface area contributed by atoms with Crippen LogP contribution in [-0.2, 0) is 0 Å². The van der Waals surface area contributed by atoms with Crippen molar-refractivity contribution in [1.82, 2.24) is 6.15 Å². The van der Waals surface area contributed by atoms with Gasteiger partial charge in [0.25, 0.3) is 0 Å². The summed E-state index contributed by atoms with van der Waals surface area (Å²) in [6, 6.07) is 0. The first kappa shape index (κ1) is 15.7. The van der Waals surface area contributed by atoms with E-state index in [0.717, 1.165) is 0 Å². The van der Waals surface area contributed by atoms with Gasteiger partial charge in [0.15, 0.2) is 0 Å². The summed E-state index contributed by atoms with van der Waals surface area (Å²) < 4.78 is 0. The fourth-order valence-electron chi connectivity index (χ4n) is 0. The molecule has 6 heteroatoms. The average molecular weight is 123 g/mol. The SMILES string of the molecule is N.OP(O)O.[NaH]. The summed E-state index contributed by atoms with van der Waals surface area (Å²) >= 11 is 0. The Hall–Kier alpha value is 1.27. The molecular formula is H7NNaO3P. The fraction of sp³-hybridized carbons (Fsp3) is 0. The molecule has 0 aliphatic rings. The van der Waals surface area contributed by atoms with Crippen molar-refractivity contribution in [3.8, 4) is 0 Å². The van der Waals surface area contributed by atoms with Gasteiger partial charge in [-0.2, -0.15) is 0 Å². The predicted octanol–water partition coefficient (Wildman–Crippen LogP) is -1.30. The standard InChI is InChI=1S/H3N.Na.H3O3P.H/c;;1-4(2)3;/h1H3;;1-3H;. The molecule has 0 aliphatic heterocycles. The quantitative estimate of drug-likeness (QED) is 0.238. The summed E-state index contributed by atoms with van der Waals surface area (Å²) in [4.78, 5) is 21.7. The van der Waals surface area contributed by atoms with Crippen molar-refractivity contribution in [2.75, 3.05) is 0 Å². The third-order valence-electron chi connectivity index (χ3n) is 0. The van der Waals surface area contributed by atoms with E-state index in [-0.39, 0.29) is 35.7 Å². The van der Waals surface area contributed by atoms with Gasteiger partial charge in [-0.05, 0) is 0 Å². The Balaban J connectivity index is -0.0000000450. The molecule has 0 aliphatic carbocycles. The molecular weight excluding hydrogens is 116 g/mol. The molecule has 0 bridgehead atoms. The van der Waals surface area contributed by atoms with Crippen molar-refractivity contribution < 1.29 is 14.7 Å². The van der Waals surface area contributed by atoms with E-state index in [0.29, 0.717) is 0 Å². The summed E-state index contributed by atoms with van der Waals surface area (Å²) in [6.07, 6.45) is 0. The molecule has 0 amide bonds. The molecule has 0 saturated carbocycles. The van der Waals surface area contributed by atoms with Gasteiger partial charge < -0.3 is 20.8 Å². The van der Waals surface area contributed by atoms with E-state index in [1.807, 2.05) is 0 Å². The minimum absolute atomic E-state index is 0. The zero-order valence-electron chi connectivity index (χ0n) is 2.50. The summed E-state index contributed by atoms with van der Waals surface area (Å²) in [7, 11) is -2.62. The Morgan fingerprint density at radius 1 is 1.00 bits per heavy atom. The van der Waals surface area contributed by atoms with Crippen LogP contribution in [0.25, 0.3) is 0 Å². The molecule has 0 atom stereocenters. The van der Waals surface area contributed by atoms with E-state index in [2.05, 4.69) is 0 Å². The Labute approximate surface area is 59.1 Å². The minimum atomic E-state index is -2.62. The van der Waals surface area contributed by atoms with Crippen molar-refractivity contribution in [3.63, 3.8) is 0 Å². The first-order valence-electron chi connectivity index (χ1n) is 0.600. The fourth-order valence-corrected chi connectivity index (χ4v) is 0. The van der Waals surface area contributed by atoms with Gasteiger partial charge in [-0.15, -0.1) is 0 Å². The van der Waals surface area contributed by atoms with Gasteiger partial charge in [0, 0.05) is 0 Å². The van der Waals surface area contributed by atoms with E-state index >= 15 is 0 Å². The van der Waals surface area contributed by atoms with E-state index in [1.165, 1.54) is 0 Å². The summed E-state index contributed by atoms with van der Waals surface area (Å²) in [5.41, 5.74) is 0. The molecule has 0 aromatic carbocycles. The summed E-state index contributed by atoms with van der Waals surface area (Å²) in [5, 5.41) is 0. The normalized spacial score (nSPS) is 6.00. The van der Waals surface area contributed by atoms with Crippen molar-refractivity contribution >= 4 is 38.2 Å². The first-order valence-corrected chi connectivity index (χ1v) is 1.80. The molecule has 0 aromatic rings. The van der Waals surface area contributed by atoms with Gasteiger partial charge in [-0.3, -0.25) is 0 Å². The van der Waals surface area contributed by atoms with Crippen LogP contribution in [0.3, 0.4) is 0 Å². The first-order chi connectivity index (χ1) is 1.73. The summed E-state index contributed by atoms with van der Waals surface area (Å²) in [6.45, 7) is 0. The van der Waals surface area contributed by atoms with Crippen LogP contribution in [0.2, 0.25) is 0 Å². The molecule has 0 saturated heterocycles. The molecule has 0 heterocycles. The Bertz CT molecular complexity index is 15.5. The van der Waals surface area contributed by atoms with Crippen LogP contribution < -0.4 is 6.15 Å². The van der Waals surface area contributed by atoms with Crippen LogP contribution in [-0.4, -0.2) is 44.2 Å². The third-order valence-corrected chi connectivity index (χ3v) is 0. The second-order valence-electron chi connectivity index (χ2n) is 0.268. The van der Waals surface area contributed by atoms with E-state index in [4.69, 9.17) is 14.7 Å². The van der Waals surface area contributed by atoms with Crippen LogP contribution in [0.4, 0.5) is 0 Å². The number of hydrogen-bond donors (Lipinski definition) is 4. The van der Waals surface area contributed by atoms with Gasteiger partial charge in [-0.25, -0.2) is 0 Å². The van der Waals surface area contributed by atoms with Gasteiger partial charge in [0.05, 0.1) is 0 Å². The predicted molar refractivity (Wildman–Crippen MR) is 25.7 cm³/mol. The number of rotatable bonds is 0. The average Bonchev–Trinajstić information content (AvgIpc) is 0.811. The Kier molecular flexibility index (Phi) is 25.0. The summed E-state index contributed by atoms with van der Waals surface area (Å²) in [5.74, 6) is 0. The van der Waals surface area contributed by atoms with E-state index in [9.17, 15) is 0 Å². The molecule has 0 fully saturated rings. The molecule has 0 spiro atoms. The van der Waals surface area contributed by atoms with Crippen LogP contribution in [0.15, 0.2) is 0 Å². The molecule has 0 unspecified atom stereocenters. The monoisotopic (exact) mass is 123 g/mol. The molecule has 0 rings (SSSR count). The molecule has 36 valence electrons. The van der Waals surface area contributed by atoms with Gasteiger partial charge in [0.1, 0.15) is 0 Å². The number of hydrogen-bond acceptors (Lipinski definition) is 4. The van der Waals surface area contributed by atoms with E-state index in [1.54, 1.807) is 0 Å². The van der Waals surface area contributed by atoms with E-state index < -0.39 is 8.60 Å². The maximum absolute atomic E-state index is 7.23. The Morgan fingerprint density at radius 2 is 1.00 bits per heavy atom. The van der Waals surface area contributed by atoms with Crippen molar-refractivity contribution in [1.29, 1.82) is 0 Å². The van der Waals surface area contributed by atoms with Gasteiger partial charge >= 0.3 is 38.2 Å². The van der Waals surface area contributed by atoms with Crippen molar-refractivity contribution in [2.45, 2.75) is 0 Å². The topological polar surface area (TPSA) is 95.7 Å². The third kappa shape index (κ3) is 59.6. The molecule has 0 radical (unpaired) electrons. The second kappa shape index (κ2) is 9.55. The zero-order chi connectivity index (χ0) is 3.58. The van der Waals surface area contributed by atoms with Crippen LogP contribution >= 0.6 is 8.60 Å². The van der Waals surface area contributed by atoms with Gasteiger partial charge in [0.2, 0.25) is 0 Å². The van der Waals surface area contributed by atoms with Crippen LogP contribution in [0, 0.1) is 0 Å². The van der Waals surface area contributed by atoms with Crippen LogP contribution in [0.1, 0.15) is 0 Å². The van der Waals surface area contributed by atoms with Crippen LogP contribution in [0.5, 0.6) is 0 Å². The maximum atomic E-state index is 7.23. The van der Waals surface area contributed by atoms with Gasteiger partial charge in [-0.1, -0.05) is 0 Å². The second-order valence-corrected chi connectivity index (χ2v) is 0.805.